The molecule has 0 unspecified atom stereocenters. The first kappa shape index (κ1) is 23.1. The molecule has 0 aliphatic heterocycles. The molecule has 0 aliphatic rings. The predicted molar refractivity (Wildman–Crippen MR) is 127 cm³/mol. The van der Waals surface area contributed by atoms with Crippen LogP contribution in [-0.2, 0) is 13.1 Å². The molecular formula is C22H14ClN7O5S. The summed E-state index contributed by atoms with van der Waals surface area (Å²) in [6.45, 7) is 0.150. The summed E-state index contributed by atoms with van der Waals surface area (Å²) in [5.74, 6) is -1.21. The van der Waals surface area contributed by atoms with Crippen molar-refractivity contribution >= 4 is 34.7 Å². The largest absolute Gasteiger partial charge is 0.494 e. The normalized spacial score (nSPS) is 10.9. The first-order chi connectivity index (χ1) is 17.5. The molecule has 0 spiro atoms. The van der Waals surface area contributed by atoms with E-state index >= 15 is 0 Å². The monoisotopic (exact) mass is 523 g/mol. The molecule has 0 saturated heterocycles. The molecule has 0 aliphatic carbocycles. The van der Waals surface area contributed by atoms with Crippen LogP contribution in [0.25, 0.3) is 11.3 Å². The van der Waals surface area contributed by atoms with E-state index in [1.165, 1.54) is 42.0 Å². The van der Waals surface area contributed by atoms with Crippen LogP contribution in [0, 0.1) is 11.3 Å². The van der Waals surface area contributed by atoms with Crippen molar-refractivity contribution in [2.75, 3.05) is 5.32 Å². The van der Waals surface area contributed by atoms with Crippen molar-refractivity contribution in [3.8, 4) is 23.2 Å². The lowest BCUT2D eigenvalue weighted by atomic mass is 10.1. The highest BCUT2D eigenvalue weighted by atomic mass is 35.5. The summed E-state index contributed by atoms with van der Waals surface area (Å²) in [5.41, 5.74) is -0.118. The van der Waals surface area contributed by atoms with Gasteiger partial charge in [0.1, 0.15) is 29.3 Å². The van der Waals surface area contributed by atoms with E-state index in [0.717, 1.165) is 14.1 Å². The molecule has 0 fully saturated rings. The van der Waals surface area contributed by atoms with Crippen LogP contribution in [-0.4, -0.2) is 35.7 Å². The Morgan fingerprint density at radius 2 is 2.11 bits per heavy atom. The van der Waals surface area contributed by atoms with E-state index in [4.69, 9.17) is 20.6 Å². The van der Waals surface area contributed by atoms with Gasteiger partial charge in [-0.1, -0.05) is 21.9 Å². The first-order valence-corrected chi connectivity index (χ1v) is 11.4. The van der Waals surface area contributed by atoms with Crippen molar-refractivity contribution in [3.05, 3.63) is 85.4 Å². The van der Waals surface area contributed by atoms with Crippen LogP contribution >= 0.6 is 22.9 Å². The number of nitrogens with zero attached hydrogens (tertiary/aromatic N) is 6. The highest BCUT2D eigenvalue weighted by Crippen LogP contribution is 2.34. The van der Waals surface area contributed by atoms with Gasteiger partial charge >= 0.3 is 5.91 Å². The fourth-order valence-corrected chi connectivity index (χ4v) is 4.49. The number of aromatic hydroxyl groups is 1. The number of hydrogen-bond acceptors (Lipinski definition) is 11. The van der Waals surface area contributed by atoms with Crippen LogP contribution in [0.3, 0.4) is 0 Å². The number of anilines is 1. The predicted octanol–water partition coefficient (Wildman–Crippen LogP) is 3.33. The summed E-state index contributed by atoms with van der Waals surface area (Å²) in [4.78, 5) is 26.4. The molecule has 14 heteroatoms. The minimum Gasteiger partial charge on any atom is -0.494 e. The second-order valence-electron chi connectivity index (χ2n) is 7.32. The number of nitrogens with one attached hydrogen (secondary N) is 1. The van der Waals surface area contributed by atoms with Crippen molar-refractivity contribution in [1.82, 2.24) is 24.7 Å². The van der Waals surface area contributed by atoms with Crippen molar-refractivity contribution in [2.45, 2.75) is 13.1 Å². The van der Waals surface area contributed by atoms with Crippen LogP contribution in [0.15, 0.2) is 62.7 Å². The summed E-state index contributed by atoms with van der Waals surface area (Å²) in [6, 6.07) is 11.0. The molecule has 5 heterocycles. The van der Waals surface area contributed by atoms with E-state index in [-0.39, 0.29) is 41.5 Å². The maximum absolute atomic E-state index is 13.1. The average molecular weight is 524 g/mol. The Hall–Kier alpha value is -4.67. The van der Waals surface area contributed by atoms with Gasteiger partial charge in [0.15, 0.2) is 5.82 Å². The van der Waals surface area contributed by atoms with E-state index < -0.39 is 17.3 Å². The topological polar surface area (TPSA) is 165 Å². The fraction of sp³-hybridized carbons (Fsp3) is 0.0909. The number of rotatable bonds is 7. The molecule has 5 aromatic heterocycles. The van der Waals surface area contributed by atoms with Crippen LogP contribution in [0.4, 0.5) is 5.82 Å². The van der Waals surface area contributed by atoms with Crippen LogP contribution in [0.2, 0.25) is 4.34 Å². The Bertz CT molecular complexity index is 1640. The van der Waals surface area contributed by atoms with Crippen molar-refractivity contribution in [2.24, 2.45) is 0 Å². The summed E-state index contributed by atoms with van der Waals surface area (Å²) in [5, 5.41) is 35.7. The maximum atomic E-state index is 13.1. The number of pyridine rings is 1. The molecule has 0 amide bonds. The van der Waals surface area contributed by atoms with E-state index in [0.29, 0.717) is 10.0 Å². The maximum Gasteiger partial charge on any atom is 0.318 e. The smallest absolute Gasteiger partial charge is 0.318 e. The summed E-state index contributed by atoms with van der Waals surface area (Å²) in [6.07, 6.45) is 2.64. The van der Waals surface area contributed by atoms with Crippen molar-refractivity contribution < 1.29 is 18.9 Å². The second kappa shape index (κ2) is 9.53. The lowest BCUT2D eigenvalue weighted by molar-refractivity contribution is 0.0910. The van der Waals surface area contributed by atoms with Gasteiger partial charge in [-0.05, 0) is 18.2 Å². The van der Waals surface area contributed by atoms with Gasteiger partial charge in [-0.15, -0.1) is 11.3 Å². The number of carbonyl (C=O) groups excluding carboxylic acids is 1. The Morgan fingerprint density at radius 1 is 1.25 bits per heavy atom. The Kier molecular flexibility index (Phi) is 6.11. The van der Waals surface area contributed by atoms with Gasteiger partial charge in [0.25, 0.3) is 5.56 Å². The van der Waals surface area contributed by atoms with Gasteiger partial charge in [0, 0.05) is 23.1 Å². The number of carbonyl (C=O) groups is 1. The lowest BCUT2D eigenvalue weighted by Gasteiger charge is -2.10. The minimum absolute atomic E-state index is 0.0246. The fourth-order valence-electron chi connectivity index (χ4n) is 3.46. The van der Waals surface area contributed by atoms with Crippen LogP contribution in [0.1, 0.15) is 26.7 Å². The van der Waals surface area contributed by atoms with Crippen LogP contribution < -0.4 is 10.9 Å². The van der Waals surface area contributed by atoms with Crippen LogP contribution in [0.5, 0.6) is 5.88 Å². The SMILES string of the molecule is N#Cc1c(-c2ccc(=O)n(Cc3ccon3)c2O)nn(C(=O)c2ccno2)c1NCc1ccc(Cl)s1. The zero-order valence-corrected chi connectivity index (χ0v) is 19.7. The lowest BCUT2D eigenvalue weighted by Crippen LogP contribution is -2.20. The summed E-state index contributed by atoms with van der Waals surface area (Å²) in [7, 11) is 0. The molecule has 2 N–H and O–H groups in total. The molecular weight excluding hydrogens is 510 g/mol. The van der Waals surface area contributed by atoms with E-state index in [9.17, 15) is 20.0 Å². The van der Waals surface area contributed by atoms with Gasteiger partial charge in [0.05, 0.1) is 29.2 Å². The van der Waals surface area contributed by atoms with E-state index in [1.54, 1.807) is 18.2 Å². The van der Waals surface area contributed by atoms with Gasteiger partial charge in [-0.3, -0.25) is 14.2 Å². The second-order valence-corrected chi connectivity index (χ2v) is 9.12. The third-order valence-corrected chi connectivity index (χ3v) is 6.35. The number of halogens is 1. The number of aromatic nitrogens is 5. The molecule has 5 aromatic rings. The third-order valence-electron chi connectivity index (χ3n) is 5.12. The number of thiophene rings is 1. The Morgan fingerprint density at radius 3 is 2.78 bits per heavy atom. The molecule has 0 saturated carbocycles. The molecule has 0 atom stereocenters. The number of nitriles is 1. The summed E-state index contributed by atoms with van der Waals surface area (Å²) >= 11 is 7.34. The zero-order chi connectivity index (χ0) is 25.2. The van der Waals surface area contributed by atoms with Crippen molar-refractivity contribution in [1.29, 1.82) is 5.26 Å². The molecule has 180 valence electrons. The molecule has 0 bridgehead atoms. The van der Waals surface area contributed by atoms with Crippen molar-refractivity contribution in [3.63, 3.8) is 0 Å². The van der Waals surface area contributed by atoms with E-state index in [2.05, 4.69) is 20.7 Å². The quantitative estimate of drug-likeness (QED) is 0.323. The summed E-state index contributed by atoms with van der Waals surface area (Å²) < 4.78 is 12.4. The Labute approximate surface area is 210 Å². The molecule has 0 radical (unpaired) electrons. The zero-order valence-electron chi connectivity index (χ0n) is 18.1. The average Bonchev–Trinajstić information content (AvgIpc) is 3.67. The molecule has 36 heavy (non-hydrogen) atoms. The van der Waals surface area contributed by atoms with Gasteiger partial charge < -0.3 is 19.5 Å². The minimum atomic E-state index is -0.697. The van der Waals surface area contributed by atoms with Gasteiger partial charge in [-0.2, -0.15) is 15.0 Å². The Balaban J connectivity index is 1.63. The highest BCUT2D eigenvalue weighted by Gasteiger charge is 2.28. The molecule has 5 rings (SSSR count). The standard InChI is InChI=1S/C22H14ClN7O5S/c23-17-3-1-13(36-17)10-25-20-15(9-24)19(27-30(20)22(33)16-5-7-26-35-16)14-2-4-18(31)29(21(14)32)11-12-6-8-34-28-12/h1-8,25,32H,10-11H2. The number of hydrogen-bond donors (Lipinski definition) is 2. The van der Waals surface area contributed by atoms with Gasteiger partial charge in [0.2, 0.25) is 11.6 Å². The highest BCUT2D eigenvalue weighted by molar-refractivity contribution is 7.16. The third kappa shape index (κ3) is 4.26. The molecule has 0 aromatic carbocycles. The first-order valence-electron chi connectivity index (χ1n) is 10.2. The van der Waals surface area contributed by atoms with Gasteiger partial charge in [-0.25, -0.2) is 0 Å². The molecule has 12 nitrogen and oxygen atoms in total. The van der Waals surface area contributed by atoms with E-state index in [1.807, 2.05) is 6.07 Å².